The second-order valence-corrected chi connectivity index (χ2v) is 8.11. The molecular formula is C19H27Cl2N3O2S. The number of aryl methyl sites for hydroxylation is 1. The van der Waals surface area contributed by atoms with Crippen LogP contribution in [0.25, 0.3) is 10.2 Å². The van der Waals surface area contributed by atoms with Gasteiger partial charge in [0.1, 0.15) is 0 Å². The van der Waals surface area contributed by atoms with E-state index in [4.69, 9.17) is 21.3 Å². The van der Waals surface area contributed by atoms with E-state index in [1.165, 1.54) is 0 Å². The minimum absolute atomic E-state index is 0. The molecule has 1 aliphatic rings. The summed E-state index contributed by atoms with van der Waals surface area (Å²) >= 11 is 7.73. The van der Waals surface area contributed by atoms with Gasteiger partial charge in [-0.15, -0.1) is 12.4 Å². The largest absolute Gasteiger partial charge is 0.379 e. The molecule has 2 heterocycles. The molecule has 1 aromatic heterocycles. The van der Waals surface area contributed by atoms with Crippen LogP contribution in [0.3, 0.4) is 0 Å². The van der Waals surface area contributed by atoms with Crippen molar-refractivity contribution < 1.29 is 9.53 Å². The number of rotatable bonds is 7. The monoisotopic (exact) mass is 431 g/mol. The molecule has 3 rings (SSSR count). The lowest BCUT2D eigenvalue weighted by molar-refractivity contribution is -0.118. The number of ether oxygens (including phenoxy) is 1. The zero-order chi connectivity index (χ0) is 18.5. The maximum atomic E-state index is 12.8. The van der Waals surface area contributed by atoms with Crippen LogP contribution >= 0.6 is 35.3 Å². The van der Waals surface area contributed by atoms with Gasteiger partial charge < -0.3 is 4.74 Å². The number of benzene rings is 1. The first-order chi connectivity index (χ1) is 12.6. The summed E-state index contributed by atoms with van der Waals surface area (Å²) in [6.45, 7) is 9.00. The number of carbonyl (C=O) groups excluding carboxylic acids is 1. The third kappa shape index (κ3) is 5.78. The topological polar surface area (TPSA) is 45.7 Å². The van der Waals surface area contributed by atoms with Crippen molar-refractivity contribution in [2.24, 2.45) is 0 Å². The van der Waals surface area contributed by atoms with Gasteiger partial charge in [0.2, 0.25) is 5.91 Å². The minimum Gasteiger partial charge on any atom is -0.379 e. The molecule has 1 amide bonds. The number of unbranched alkanes of at least 4 members (excludes halogenated alkanes) is 1. The lowest BCUT2D eigenvalue weighted by atomic mass is 10.2. The number of hydrogen-bond donors (Lipinski definition) is 0. The van der Waals surface area contributed by atoms with Gasteiger partial charge in [-0.1, -0.05) is 36.3 Å². The van der Waals surface area contributed by atoms with Crippen LogP contribution in [0.1, 0.15) is 31.7 Å². The van der Waals surface area contributed by atoms with Crippen molar-refractivity contribution in [3.05, 3.63) is 22.7 Å². The number of halogens is 2. The number of fused-ring (bicyclic) bond motifs is 1. The molecule has 5 nitrogen and oxygen atoms in total. The van der Waals surface area contributed by atoms with Crippen molar-refractivity contribution in [3.63, 3.8) is 0 Å². The van der Waals surface area contributed by atoms with Crippen molar-refractivity contribution in [2.75, 3.05) is 44.3 Å². The molecule has 0 bridgehead atoms. The Kier molecular flexibility index (Phi) is 8.76. The molecule has 1 aliphatic heterocycles. The summed E-state index contributed by atoms with van der Waals surface area (Å²) in [6, 6.07) is 3.85. The fraction of sp³-hybridized carbons (Fsp3) is 0.579. The van der Waals surface area contributed by atoms with Crippen LogP contribution in [0, 0.1) is 6.92 Å². The van der Waals surface area contributed by atoms with Crippen LogP contribution in [0.15, 0.2) is 12.1 Å². The molecule has 1 fully saturated rings. The normalized spacial score (nSPS) is 14.9. The molecule has 0 radical (unpaired) electrons. The highest BCUT2D eigenvalue weighted by molar-refractivity contribution is 7.22. The molecule has 0 spiro atoms. The number of aromatic nitrogens is 1. The first-order valence-electron chi connectivity index (χ1n) is 9.25. The van der Waals surface area contributed by atoms with Crippen molar-refractivity contribution in [2.45, 2.75) is 33.1 Å². The fourth-order valence-corrected chi connectivity index (χ4v) is 4.58. The van der Waals surface area contributed by atoms with Gasteiger partial charge in [-0.2, -0.15) is 0 Å². The average Bonchev–Trinajstić information content (AvgIpc) is 3.05. The molecule has 150 valence electrons. The fourth-order valence-electron chi connectivity index (χ4n) is 3.11. The predicted octanol–water partition coefficient (Wildman–Crippen LogP) is 4.54. The third-order valence-corrected chi connectivity index (χ3v) is 5.90. The number of morpholine rings is 1. The van der Waals surface area contributed by atoms with Crippen LogP contribution in [0.2, 0.25) is 5.02 Å². The quantitative estimate of drug-likeness (QED) is 0.645. The summed E-state index contributed by atoms with van der Waals surface area (Å²) in [5.41, 5.74) is 1.98. The number of hydrogen-bond acceptors (Lipinski definition) is 5. The second-order valence-electron chi connectivity index (χ2n) is 6.67. The van der Waals surface area contributed by atoms with E-state index in [0.717, 1.165) is 66.6 Å². The first kappa shape index (κ1) is 22.4. The summed E-state index contributed by atoms with van der Waals surface area (Å²) < 4.78 is 6.44. The number of carbonyl (C=O) groups is 1. The van der Waals surface area contributed by atoms with Gasteiger partial charge in [-0.3, -0.25) is 14.6 Å². The highest BCUT2D eigenvalue weighted by atomic mass is 35.5. The van der Waals surface area contributed by atoms with Crippen LogP contribution in [-0.2, 0) is 9.53 Å². The van der Waals surface area contributed by atoms with Gasteiger partial charge in [-0.25, -0.2) is 4.98 Å². The lowest BCUT2D eigenvalue weighted by Crippen LogP contribution is -2.43. The Balaban J connectivity index is 0.00000261. The Bertz CT molecular complexity index is 763. The lowest BCUT2D eigenvalue weighted by Gasteiger charge is -2.29. The Labute approximate surface area is 176 Å². The van der Waals surface area contributed by atoms with Crippen molar-refractivity contribution in [1.82, 2.24) is 9.88 Å². The Morgan fingerprint density at radius 2 is 2.11 bits per heavy atom. The van der Waals surface area contributed by atoms with E-state index in [2.05, 4.69) is 11.8 Å². The molecule has 2 aromatic rings. The molecule has 1 aromatic carbocycles. The Morgan fingerprint density at radius 3 is 2.81 bits per heavy atom. The highest BCUT2D eigenvalue weighted by Gasteiger charge is 2.21. The smallest absolute Gasteiger partial charge is 0.228 e. The zero-order valence-corrected chi connectivity index (χ0v) is 18.3. The standard InChI is InChI=1S/C19H26ClN3O2S.ClH/c1-3-4-5-17(24)23(7-6-22-8-10-25-11-9-22)19-21-18-14(2)12-15(20)13-16(18)26-19;/h12-13H,3-11H2,1-2H3;1H. The van der Waals surface area contributed by atoms with Gasteiger partial charge in [-0.05, 0) is 31.0 Å². The van der Waals surface area contributed by atoms with E-state index < -0.39 is 0 Å². The number of thiazole rings is 1. The number of nitrogens with zero attached hydrogens (tertiary/aromatic N) is 3. The maximum Gasteiger partial charge on any atom is 0.228 e. The van der Waals surface area contributed by atoms with Gasteiger partial charge in [0, 0.05) is 37.6 Å². The van der Waals surface area contributed by atoms with E-state index in [1.54, 1.807) is 11.3 Å². The summed E-state index contributed by atoms with van der Waals surface area (Å²) in [5.74, 6) is 0.155. The molecule has 0 N–H and O–H groups in total. The molecule has 1 saturated heterocycles. The predicted molar refractivity (Wildman–Crippen MR) is 116 cm³/mol. The summed E-state index contributed by atoms with van der Waals surface area (Å²) in [6.07, 6.45) is 2.48. The SMILES string of the molecule is CCCCC(=O)N(CCN1CCOCC1)c1nc2c(C)cc(Cl)cc2s1.Cl. The van der Waals surface area contributed by atoms with Gasteiger partial charge >= 0.3 is 0 Å². The molecule has 27 heavy (non-hydrogen) atoms. The molecule has 8 heteroatoms. The summed E-state index contributed by atoms with van der Waals surface area (Å²) in [7, 11) is 0. The Hall–Kier alpha value is -0.920. The van der Waals surface area contributed by atoms with Gasteiger partial charge in [0.05, 0.1) is 23.4 Å². The number of amides is 1. The van der Waals surface area contributed by atoms with E-state index in [0.29, 0.717) is 18.0 Å². The average molecular weight is 432 g/mol. The molecule has 0 saturated carbocycles. The Morgan fingerprint density at radius 1 is 1.37 bits per heavy atom. The molecule has 0 atom stereocenters. The van der Waals surface area contributed by atoms with E-state index in [-0.39, 0.29) is 18.3 Å². The van der Waals surface area contributed by atoms with Gasteiger partial charge in [0.25, 0.3) is 0 Å². The summed E-state index contributed by atoms with van der Waals surface area (Å²) in [5, 5.41) is 1.49. The first-order valence-corrected chi connectivity index (χ1v) is 10.4. The van der Waals surface area contributed by atoms with Crippen LogP contribution < -0.4 is 4.90 Å². The van der Waals surface area contributed by atoms with E-state index in [9.17, 15) is 4.79 Å². The van der Waals surface area contributed by atoms with Crippen LogP contribution in [0.4, 0.5) is 5.13 Å². The van der Waals surface area contributed by atoms with E-state index >= 15 is 0 Å². The second kappa shape index (κ2) is 10.6. The van der Waals surface area contributed by atoms with Crippen LogP contribution in [0.5, 0.6) is 0 Å². The van der Waals surface area contributed by atoms with Crippen LogP contribution in [-0.4, -0.2) is 55.2 Å². The zero-order valence-electron chi connectivity index (χ0n) is 15.9. The van der Waals surface area contributed by atoms with Crippen molar-refractivity contribution in [3.8, 4) is 0 Å². The number of anilines is 1. The molecular weight excluding hydrogens is 405 g/mol. The third-order valence-electron chi connectivity index (χ3n) is 4.66. The molecule has 0 unspecified atom stereocenters. The van der Waals surface area contributed by atoms with Gasteiger partial charge in [0.15, 0.2) is 5.13 Å². The maximum absolute atomic E-state index is 12.8. The van der Waals surface area contributed by atoms with Crippen molar-refractivity contribution in [1.29, 1.82) is 0 Å². The van der Waals surface area contributed by atoms with Crippen molar-refractivity contribution >= 4 is 56.6 Å². The molecule has 0 aliphatic carbocycles. The highest BCUT2D eigenvalue weighted by Crippen LogP contribution is 2.33. The minimum atomic E-state index is 0. The van der Waals surface area contributed by atoms with E-state index in [1.807, 2.05) is 24.0 Å². The summed E-state index contributed by atoms with van der Waals surface area (Å²) in [4.78, 5) is 21.8.